The van der Waals surface area contributed by atoms with Gasteiger partial charge in [-0.3, -0.25) is 0 Å². The molecule has 0 amide bonds. The van der Waals surface area contributed by atoms with Crippen molar-refractivity contribution in [3.8, 4) is 5.75 Å². The van der Waals surface area contributed by atoms with Gasteiger partial charge in [0.25, 0.3) is 0 Å². The van der Waals surface area contributed by atoms with Crippen molar-refractivity contribution in [3.63, 3.8) is 0 Å². The Labute approximate surface area is 157 Å². The van der Waals surface area contributed by atoms with Crippen LogP contribution >= 0.6 is 11.6 Å². The van der Waals surface area contributed by atoms with Crippen LogP contribution in [0.5, 0.6) is 5.75 Å². The predicted molar refractivity (Wildman–Crippen MR) is 106 cm³/mol. The fourth-order valence-corrected chi connectivity index (χ4v) is 2.55. The topological polar surface area (TPSA) is 85.1 Å². The number of anilines is 4. The normalized spacial score (nSPS) is 10.4. The first-order valence-electron chi connectivity index (χ1n) is 8.07. The van der Waals surface area contributed by atoms with Crippen molar-refractivity contribution in [3.05, 3.63) is 64.9 Å². The molecule has 0 aliphatic heterocycles. The van der Waals surface area contributed by atoms with Crippen molar-refractivity contribution in [2.24, 2.45) is 0 Å². The van der Waals surface area contributed by atoms with Crippen molar-refractivity contribution in [1.29, 1.82) is 0 Å². The monoisotopic (exact) mass is 369 g/mol. The molecule has 134 valence electrons. The molecule has 0 unspecified atom stereocenters. The number of halogens is 1. The van der Waals surface area contributed by atoms with E-state index in [4.69, 9.17) is 22.1 Å². The van der Waals surface area contributed by atoms with E-state index in [0.29, 0.717) is 28.9 Å². The van der Waals surface area contributed by atoms with Crippen LogP contribution in [0.25, 0.3) is 0 Å². The Hall–Kier alpha value is -2.99. The molecule has 0 bridgehead atoms. The van der Waals surface area contributed by atoms with Crippen LogP contribution < -0.4 is 21.1 Å². The molecule has 26 heavy (non-hydrogen) atoms. The fraction of sp³-hybridized carbons (Fsp3) is 0.158. The molecule has 0 saturated heterocycles. The average molecular weight is 370 g/mol. The Morgan fingerprint density at radius 2 is 1.81 bits per heavy atom. The van der Waals surface area contributed by atoms with Crippen molar-refractivity contribution in [2.45, 2.75) is 13.5 Å². The molecule has 6 nitrogen and oxygen atoms in total. The zero-order valence-corrected chi connectivity index (χ0v) is 15.3. The van der Waals surface area contributed by atoms with Gasteiger partial charge < -0.3 is 21.1 Å². The molecule has 2 aromatic carbocycles. The van der Waals surface area contributed by atoms with Gasteiger partial charge in [-0.15, -0.1) is 0 Å². The number of hydrogen-bond donors (Lipinski definition) is 3. The minimum Gasteiger partial charge on any atom is -0.497 e. The molecule has 0 spiro atoms. The summed E-state index contributed by atoms with van der Waals surface area (Å²) in [5.41, 5.74) is 9.56. The van der Waals surface area contributed by atoms with E-state index in [1.165, 1.54) is 6.33 Å². The van der Waals surface area contributed by atoms with Gasteiger partial charge in [0.2, 0.25) is 0 Å². The molecular formula is C19H20ClN5O. The summed E-state index contributed by atoms with van der Waals surface area (Å²) in [5, 5.41) is 7.09. The van der Waals surface area contributed by atoms with Gasteiger partial charge in [0.05, 0.1) is 7.11 Å². The molecule has 0 saturated carbocycles. The quantitative estimate of drug-likeness (QED) is 0.597. The number of nitrogen functional groups attached to an aromatic ring is 1. The van der Waals surface area contributed by atoms with Crippen molar-refractivity contribution in [2.75, 3.05) is 23.5 Å². The summed E-state index contributed by atoms with van der Waals surface area (Å²) < 4.78 is 5.16. The van der Waals surface area contributed by atoms with Crippen LogP contribution in [0, 0.1) is 6.92 Å². The van der Waals surface area contributed by atoms with Gasteiger partial charge in [0.1, 0.15) is 17.8 Å². The van der Waals surface area contributed by atoms with Gasteiger partial charge in [-0.1, -0.05) is 29.8 Å². The van der Waals surface area contributed by atoms with Gasteiger partial charge in [-0.2, -0.15) is 0 Å². The summed E-state index contributed by atoms with van der Waals surface area (Å²) >= 11 is 6.16. The van der Waals surface area contributed by atoms with Crippen LogP contribution in [0.15, 0.2) is 48.8 Å². The van der Waals surface area contributed by atoms with Crippen LogP contribution in [0.2, 0.25) is 5.02 Å². The summed E-state index contributed by atoms with van der Waals surface area (Å²) in [6.45, 7) is 2.54. The number of aromatic nitrogens is 2. The van der Waals surface area contributed by atoms with Gasteiger partial charge in [-0.05, 0) is 42.3 Å². The number of nitrogens with two attached hydrogens (primary N) is 1. The molecule has 3 rings (SSSR count). The number of benzene rings is 2. The van der Waals surface area contributed by atoms with Gasteiger partial charge in [0, 0.05) is 17.3 Å². The van der Waals surface area contributed by atoms with E-state index in [9.17, 15) is 0 Å². The lowest BCUT2D eigenvalue weighted by Crippen LogP contribution is -2.08. The average Bonchev–Trinajstić information content (AvgIpc) is 2.66. The van der Waals surface area contributed by atoms with E-state index in [0.717, 1.165) is 22.6 Å². The van der Waals surface area contributed by atoms with E-state index in [-0.39, 0.29) is 0 Å². The van der Waals surface area contributed by atoms with Crippen molar-refractivity contribution in [1.82, 2.24) is 9.97 Å². The standard InChI is InChI=1S/C19H20ClN5O/c1-12-3-6-14(9-16(12)20)25-19-17(21)18(23-11-24-19)22-10-13-4-7-15(26-2)8-5-13/h3-9,11H,10,21H2,1-2H3,(H2,22,23,24,25). The molecule has 7 heteroatoms. The van der Waals surface area contributed by atoms with Crippen LogP contribution in [0.3, 0.4) is 0 Å². The number of methoxy groups -OCH3 is 1. The Kier molecular flexibility index (Phi) is 5.43. The Morgan fingerprint density at radius 1 is 1.08 bits per heavy atom. The molecule has 0 aliphatic rings. The first-order valence-corrected chi connectivity index (χ1v) is 8.45. The highest BCUT2D eigenvalue weighted by atomic mass is 35.5. The number of ether oxygens (including phenoxy) is 1. The second-order valence-corrected chi connectivity index (χ2v) is 6.18. The molecule has 0 radical (unpaired) electrons. The van der Waals surface area contributed by atoms with Crippen molar-refractivity contribution >= 4 is 34.6 Å². The summed E-state index contributed by atoms with van der Waals surface area (Å²) in [6.07, 6.45) is 1.46. The number of nitrogens with zero attached hydrogens (tertiary/aromatic N) is 2. The molecule has 1 heterocycles. The highest BCUT2D eigenvalue weighted by molar-refractivity contribution is 6.31. The van der Waals surface area contributed by atoms with E-state index in [1.807, 2.05) is 49.4 Å². The second kappa shape index (κ2) is 7.93. The van der Waals surface area contributed by atoms with Crippen LogP contribution in [0.1, 0.15) is 11.1 Å². The first-order chi connectivity index (χ1) is 12.6. The smallest absolute Gasteiger partial charge is 0.159 e. The Morgan fingerprint density at radius 3 is 2.50 bits per heavy atom. The summed E-state index contributed by atoms with van der Waals surface area (Å²) in [7, 11) is 1.64. The highest BCUT2D eigenvalue weighted by Gasteiger charge is 2.09. The fourth-order valence-electron chi connectivity index (χ4n) is 2.37. The largest absolute Gasteiger partial charge is 0.497 e. The number of rotatable bonds is 6. The molecule has 0 atom stereocenters. The third-order valence-electron chi connectivity index (χ3n) is 3.94. The Bertz CT molecular complexity index is 899. The third-order valence-corrected chi connectivity index (χ3v) is 4.34. The summed E-state index contributed by atoms with van der Waals surface area (Å²) in [6, 6.07) is 13.5. The van der Waals surface area contributed by atoms with Crippen LogP contribution in [-0.4, -0.2) is 17.1 Å². The minimum absolute atomic E-state index is 0.442. The molecule has 0 fully saturated rings. The lowest BCUT2D eigenvalue weighted by Gasteiger charge is -2.13. The van der Waals surface area contributed by atoms with Crippen LogP contribution in [-0.2, 0) is 6.54 Å². The molecule has 3 aromatic rings. The summed E-state index contributed by atoms with van der Waals surface area (Å²) in [4.78, 5) is 8.44. The number of hydrogen-bond acceptors (Lipinski definition) is 6. The first kappa shape index (κ1) is 17.8. The lowest BCUT2D eigenvalue weighted by atomic mass is 10.2. The third kappa shape index (κ3) is 4.15. The minimum atomic E-state index is 0.442. The zero-order valence-electron chi connectivity index (χ0n) is 14.6. The van der Waals surface area contributed by atoms with Gasteiger partial charge >= 0.3 is 0 Å². The SMILES string of the molecule is COc1ccc(CNc2ncnc(Nc3ccc(C)c(Cl)c3)c2N)cc1. The summed E-state index contributed by atoms with van der Waals surface area (Å²) in [5.74, 6) is 1.91. The van der Waals surface area contributed by atoms with E-state index >= 15 is 0 Å². The van der Waals surface area contributed by atoms with E-state index < -0.39 is 0 Å². The molecule has 1 aromatic heterocycles. The predicted octanol–water partition coefficient (Wildman–Crippen LogP) is 4.38. The number of nitrogens with one attached hydrogen (secondary N) is 2. The molecular weight excluding hydrogens is 350 g/mol. The Balaban J connectivity index is 1.72. The van der Waals surface area contributed by atoms with Gasteiger partial charge in [0.15, 0.2) is 11.6 Å². The van der Waals surface area contributed by atoms with E-state index in [1.54, 1.807) is 7.11 Å². The van der Waals surface area contributed by atoms with E-state index in [2.05, 4.69) is 20.6 Å². The highest BCUT2D eigenvalue weighted by Crippen LogP contribution is 2.28. The van der Waals surface area contributed by atoms with Crippen molar-refractivity contribution < 1.29 is 4.74 Å². The van der Waals surface area contributed by atoms with Crippen LogP contribution in [0.4, 0.5) is 23.0 Å². The number of aryl methyl sites for hydroxylation is 1. The molecule has 4 N–H and O–H groups in total. The lowest BCUT2D eigenvalue weighted by molar-refractivity contribution is 0.414. The maximum atomic E-state index is 6.21. The maximum Gasteiger partial charge on any atom is 0.159 e. The zero-order chi connectivity index (χ0) is 18.5. The maximum absolute atomic E-state index is 6.21. The molecule has 0 aliphatic carbocycles. The van der Waals surface area contributed by atoms with Gasteiger partial charge in [-0.25, -0.2) is 9.97 Å². The second-order valence-electron chi connectivity index (χ2n) is 5.78.